The van der Waals surface area contributed by atoms with E-state index in [1.165, 1.54) is 5.56 Å². The summed E-state index contributed by atoms with van der Waals surface area (Å²) in [5.74, 6) is -0.311. The van der Waals surface area contributed by atoms with Crippen molar-refractivity contribution in [2.24, 2.45) is 5.92 Å². The first kappa shape index (κ1) is 20.5. The number of hydrogen-bond acceptors (Lipinski definition) is 2. The van der Waals surface area contributed by atoms with Gasteiger partial charge in [0.1, 0.15) is 5.75 Å². The number of carboxylic acids is 1. The van der Waals surface area contributed by atoms with Crippen LogP contribution in [0.25, 0.3) is 0 Å². The first-order valence-corrected chi connectivity index (χ1v) is 9.00. The van der Waals surface area contributed by atoms with Crippen LogP contribution in [0.5, 0.6) is 5.75 Å². The van der Waals surface area contributed by atoms with Crippen LogP contribution in [0.15, 0.2) is 18.2 Å². The van der Waals surface area contributed by atoms with Crippen LogP contribution >= 0.6 is 0 Å². The van der Waals surface area contributed by atoms with E-state index in [-0.39, 0.29) is 16.7 Å². The standard InChI is InChI=1S/C21H34O3/c1-9-20(5,6)15-11-12-17(16(13-15)21(7,8)10-2)24-18(14(3)4)19(22)23/h11-14,18H,9-10H2,1-8H3,(H,22,23). The van der Waals surface area contributed by atoms with Gasteiger partial charge in [0, 0.05) is 11.5 Å². The molecule has 0 fully saturated rings. The zero-order valence-electron chi connectivity index (χ0n) is 16.6. The number of carboxylic acid groups (broad SMARTS) is 1. The highest BCUT2D eigenvalue weighted by Gasteiger charge is 2.30. The van der Waals surface area contributed by atoms with Crippen LogP contribution < -0.4 is 4.74 Å². The van der Waals surface area contributed by atoms with E-state index >= 15 is 0 Å². The van der Waals surface area contributed by atoms with Gasteiger partial charge in [-0.3, -0.25) is 0 Å². The number of hydrogen-bond donors (Lipinski definition) is 1. The van der Waals surface area contributed by atoms with Crippen LogP contribution in [0.3, 0.4) is 0 Å². The minimum atomic E-state index is -0.914. The Hall–Kier alpha value is -1.51. The van der Waals surface area contributed by atoms with Crippen LogP contribution in [0.2, 0.25) is 0 Å². The third-order valence-electron chi connectivity index (χ3n) is 5.36. The van der Waals surface area contributed by atoms with Gasteiger partial charge in [-0.15, -0.1) is 0 Å². The summed E-state index contributed by atoms with van der Waals surface area (Å²) >= 11 is 0. The van der Waals surface area contributed by atoms with E-state index in [1.807, 2.05) is 19.9 Å². The summed E-state index contributed by atoms with van der Waals surface area (Å²) in [6.45, 7) is 16.9. The lowest BCUT2D eigenvalue weighted by atomic mass is 9.76. The van der Waals surface area contributed by atoms with Gasteiger partial charge in [-0.1, -0.05) is 67.5 Å². The summed E-state index contributed by atoms with van der Waals surface area (Å²) in [6.07, 6.45) is 1.17. The molecule has 1 N–H and O–H groups in total. The fourth-order valence-electron chi connectivity index (χ4n) is 2.59. The summed E-state index contributed by atoms with van der Waals surface area (Å²) in [4.78, 5) is 11.5. The van der Waals surface area contributed by atoms with E-state index in [0.29, 0.717) is 5.75 Å². The van der Waals surface area contributed by atoms with Crippen molar-refractivity contribution in [2.75, 3.05) is 0 Å². The maximum atomic E-state index is 11.5. The summed E-state index contributed by atoms with van der Waals surface area (Å²) in [7, 11) is 0. The van der Waals surface area contributed by atoms with Gasteiger partial charge in [-0.25, -0.2) is 4.79 Å². The molecule has 136 valence electrons. The number of aliphatic carboxylic acids is 1. The summed E-state index contributed by atoms with van der Waals surface area (Å²) < 4.78 is 5.96. The van der Waals surface area contributed by atoms with Crippen LogP contribution in [-0.2, 0) is 15.6 Å². The van der Waals surface area contributed by atoms with Gasteiger partial charge in [0.2, 0.25) is 0 Å². The molecule has 0 saturated heterocycles. The molecule has 0 amide bonds. The summed E-state index contributed by atoms with van der Waals surface area (Å²) in [5.41, 5.74) is 2.37. The van der Waals surface area contributed by atoms with Crippen LogP contribution in [0.4, 0.5) is 0 Å². The molecule has 3 heteroatoms. The lowest BCUT2D eigenvalue weighted by Crippen LogP contribution is -2.33. The lowest BCUT2D eigenvalue weighted by Gasteiger charge is -2.31. The minimum absolute atomic E-state index is 0.0742. The third kappa shape index (κ3) is 4.52. The Morgan fingerprint density at radius 1 is 1.08 bits per heavy atom. The molecule has 0 spiro atoms. The Kier molecular flexibility index (Phi) is 6.49. The Morgan fingerprint density at radius 2 is 1.62 bits per heavy atom. The number of carbonyl (C=O) groups is 1. The zero-order chi connectivity index (χ0) is 18.7. The fraction of sp³-hybridized carbons (Fsp3) is 0.667. The van der Waals surface area contributed by atoms with Gasteiger partial charge in [-0.05, 0) is 35.3 Å². The Labute approximate surface area is 147 Å². The van der Waals surface area contributed by atoms with Crippen LogP contribution in [0.1, 0.15) is 79.4 Å². The largest absolute Gasteiger partial charge is 0.478 e. The third-order valence-corrected chi connectivity index (χ3v) is 5.36. The van der Waals surface area contributed by atoms with Crippen molar-refractivity contribution in [2.45, 2.75) is 85.2 Å². The molecule has 1 atom stereocenters. The topological polar surface area (TPSA) is 46.5 Å². The number of ether oxygens (including phenoxy) is 1. The van der Waals surface area contributed by atoms with Crippen molar-refractivity contribution < 1.29 is 14.6 Å². The Bertz CT molecular complexity index is 570. The molecule has 0 saturated carbocycles. The highest BCUT2D eigenvalue weighted by atomic mass is 16.5. The molecule has 0 bridgehead atoms. The molecule has 0 heterocycles. The second kappa shape index (κ2) is 7.58. The molecule has 0 radical (unpaired) electrons. The monoisotopic (exact) mass is 334 g/mol. The van der Waals surface area contributed by atoms with E-state index < -0.39 is 12.1 Å². The van der Waals surface area contributed by atoms with Gasteiger partial charge in [0.25, 0.3) is 0 Å². The van der Waals surface area contributed by atoms with E-state index in [9.17, 15) is 9.90 Å². The molecule has 1 aromatic carbocycles. The Balaban J connectivity index is 3.42. The molecule has 0 aliphatic rings. The molecule has 0 aromatic heterocycles. The number of rotatable bonds is 8. The highest BCUT2D eigenvalue weighted by Crippen LogP contribution is 2.39. The Morgan fingerprint density at radius 3 is 2.04 bits per heavy atom. The minimum Gasteiger partial charge on any atom is -0.478 e. The molecule has 24 heavy (non-hydrogen) atoms. The molecular formula is C21H34O3. The average molecular weight is 335 g/mol. The molecular weight excluding hydrogens is 300 g/mol. The zero-order valence-corrected chi connectivity index (χ0v) is 16.6. The van der Waals surface area contributed by atoms with Crippen molar-refractivity contribution in [3.05, 3.63) is 29.3 Å². The van der Waals surface area contributed by atoms with Crippen LogP contribution in [-0.4, -0.2) is 17.2 Å². The maximum absolute atomic E-state index is 11.5. The molecule has 0 aliphatic heterocycles. The van der Waals surface area contributed by atoms with Crippen molar-refractivity contribution in [1.82, 2.24) is 0 Å². The van der Waals surface area contributed by atoms with Gasteiger partial charge in [-0.2, -0.15) is 0 Å². The first-order chi connectivity index (χ1) is 11.0. The predicted octanol–water partition coefficient (Wildman–Crippen LogP) is 5.55. The van der Waals surface area contributed by atoms with Crippen molar-refractivity contribution in [3.63, 3.8) is 0 Å². The van der Waals surface area contributed by atoms with E-state index in [1.54, 1.807) is 0 Å². The first-order valence-electron chi connectivity index (χ1n) is 9.00. The van der Waals surface area contributed by atoms with E-state index in [2.05, 4.69) is 53.7 Å². The van der Waals surface area contributed by atoms with Gasteiger partial charge < -0.3 is 9.84 Å². The smallest absolute Gasteiger partial charge is 0.345 e. The quantitative estimate of drug-likeness (QED) is 0.678. The van der Waals surface area contributed by atoms with Crippen LogP contribution in [0, 0.1) is 5.92 Å². The highest BCUT2D eigenvalue weighted by molar-refractivity contribution is 5.73. The van der Waals surface area contributed by atoms with Gasteiger partial charge in [0.15, 0.2) is 6.10 Å². The molecule has 0 aliphatic carbocycles. The summed E-state index contributed by atoms with van der Waals surface area (Å²) in [6, 6.07) is 6.24. The lowest BCUT2D eigenvalue weighted by molar-refractivity contribution is -0.147. The average Bonchev–Trinajstić information content (AvgIpc) is 2.51. The second-order valence-electron chi connectivity index (χ2n) is 8.31. The normalized spacial score (nSPS) is 13.9. The van der Waals surface area contributed by atoms with Crippen molar-refractivity contribution in [1.29, 1.82) is 0 Å². The molecule has 1 unspecified atom stereocenters. The summed E-state index contributed by atoms with van der Waals surface area (Å²) in [5, 5.41) is 9.45. The maximum Gasteiger partial charge on any atom is 0.345 e. The van der Waals surface area contributed by atoms with Crippen molar-refractivity contribution >= 4 is 5.97 Å². The predicted molar refractivity (Wildman–Crippen MR) is 100.0 cm³/mol. The van der Waals surface area contributed by atoms with Gasteiger partial charge >= 0.3 is 5.97 Å². The molecule has 1 rings (SSSR count). The molecule has 1 aromatic rings. The number of benzene rings is 1. The van der Waals surface area contributed by atoms with Gasteiger partial charge in [0.05, 0.1) is 0 Å². The SMILES string of the molecule is CCC(C)(C)c1ccc(OC(C(=O)O)C(C)C)c(C(C)(C)CC)c1. The van der Waals surface area contributed by atoms with E-state index in [0.717, 1.165) is 18.4 Å². The fourth-order valence-corrected chi connectivity index (χ4v) is 2.59. The second-order valence-corrected chi connectivity index (χ2v) is 8.31. The van der Waals surface area contributed by atoms with E-state index in [4.69, 9.17) is 4.74 Å². The molecule has 3 nitrogen and oxygen atoms in total. The van der Waals surface area contributed by atoms with Crippen molar-refractivity contribution in [3.8, 4) is 5.75 Å².